The first-order valence-electron chi connectivity index (χ1n) is 3.31. The van der Waals surface area contributed by atoms with Gasteiger partial charge < -0.3 is 0 Å². The summed E-state index contributed by atoms with van der Waals surface area (Å²) < 4.78 is 60.5. The van der Waals surface area contributed by atoms with E-state index in [1.54, 1.807) is 0 Å². The van der Waals surface area contributed by atoms with Gasteiger partial charge in [-0.2, -0.15) is 22.0 Å². The maximum absolute atomic E-state index is 12.6. The van der Waals surface area contributed by atoms with Crippen LogP contribution < -0.4 is 0 Å². The predicted molar refractivity (Wildman–Crippen MR) is 44.4 cm³/mol. The fourth-order valence-electron chi connectivity index (χ4n) is 0.693. The Bertz CT molecular complexity index is 317. The van der Waals surface area contributed by atoms with E-state index >= 15 is 0 Å². The largest absolute Gasteiger partial charge is 0.459 e. The number of alkyl halides is 5. The molecular weight excluding hydrogens is 227 g/mol. The highest BCUT2D eigenvalue weighted by atomic mass is 32.1. The number of thiocarbonyl (C=S) groups is 1. The molecule has 0 aromatic rings. The van der Waals surface area contributed by atoms with Gasteiger partial charge in [0.25, 0.3) is 0 Å². The van der Waals surface area contributed by atoms with Crippen LogP contribution in [0.4, 0.5) is 22.0 Å². The molecule has 0 spiro atoms. The molecule has 14 heavy (non-hydrogen) atoms. The molecule has 0 aromatic heterocycles. The van der Waals surface area contributed by atoms with Crippen LogP contribution in [-0.4, -0.2) is 35.6 Å². The molecule has 1 heterocycles. The quantitative estimate of drug-likeness (QED) is 0.499. The molecule has 0 saturated carbocycles. The maximum Gasteiger partial charge on any atom is 0.459 e. The molecule has 0 fully saturated rings. The highest BCUT2D eigenvalue weighted by molar-refractivity contribution is 7.80. The number of rotatable bonds is 1. The molecule has 0 aliphatic carbocycles. The third-order valence-electron chi connectivity index (χ3n) is 1.39. The fourth-order valence-corrected chi connectivity index (χ4v) is 0.810. The van der Waals surface area contributed by atoms with Crippen LogP contribution in [-0.2, 0) is 0 Å². The minimum atomic E-state index is -5.66. The van der Waals surface area contributed by atoms with E-state index < -0.39 is 24.4 Å². The maximum atomic E-state index is 12.6. The molecule has 1 rings (SSSR count). The van der Waals surface area contributed by atoms with Gasteiger partial charge in [-0.25, -0.2) is 4.99 Å². The Morgan fingerprint density at radius 3 is 2.14 bits per heavy atom. The van der Waals surface area contributed by atoms with E-state index in [0.29, 0.717) is 6.21 Å². The average molecular weight is 230 g/mol. The summed E-state index contributed by atoms with van der Waals surface area (Å²) in [5, 5.41) is 0. The van der Waals surface area contributed by atoms with Crippen molar-refractivity contribution >= 4 is 29.1 Å². The van der Waals surface area contributed by atoms with E-state index in [4.69, 9.17) is 0 Å². The Morgan fingerprint density at radius 1 is 1.21 bits per heavy atom. The Labute approximate surface area is 80.5 Å². The van der Waals surface area contributed by atoms with Crippen molar-refractivity contribution in [3.8, 4) is 0 Å². The van der Waals surface area contributed by atoms with Crippen molar-refractivity contribution in [2.75, 3.05) is 6.54 Å². The summed E-state index contributed by atoms with van der Waals surface area (Å²) in [5.74, 6) is -4.97. The molecule has 78 valence electrons. The van der Waals surface area contributed by atoms with Crippen LogP contribution in [0.1, 0.15) is 0 Å². The van der Waals surface area contributed by atoms with Crippen molar-refractivity contribution in [3.63, 3.8) is 0 Å². The van der Waals surface area contributed by atoms with Gasteiger partial charge in [-0.05, 0) is 0 Å². The highest BCUT2D eigenvalue weighted by Gasteiger charge is 2.61. The lowest BCUT2D eigenvalue weighted by Gasteiger charge is -2.20. The van der Waals surface area contributed by atoms with Crippen molar-refractivity contribution in [2.45, 2.75) is 12.1 Å². The summed E-state index contributed by atoms with van der Waals surface area (Å²) in [4.78, 5) is 6.17. The molecule has 8 heteroatoms. The first-order chi connectivity index (χ1) is 6.25. The minimum Gasteiger partial charge on any atom is -0.274 e. The highest BCUT2D eigenvalue weighted by Crippen LogP contribution is 2.36. The Hall–Kier alpha value is -0.920. The lowest BCUT2D eigenvalue weighted by Crippen LogP contribution is -2.45. The summed E-state index contributed by atoms with van der Waals surface area (Å²) in [6.07, 6.45) is -5.31. The molecule has 0 N–H and O–H groups in total. The van der Waals surface area contributed by atoms with Gasteiger partial charge in [-0.3, -0.25) is 4.99 Å². The molecule has 2 nitrogen and oxygen atoms in total. The van der Waals surface area contributed by atoms with Crippen molar-refractivity contribution in [3.05, 3.63) is 0 Å². The zero-order valence-electron chi connectivity index (χ0n) is 6.48. The van der Waals surface area contributed by atoms with Crippen LogP contribution in [0.5, 0.6) is 0 Å². The van der Waals surface area contributed by atoms with Gasteiger partial charge in [-0.1, -0.05) is 12.2 Å². The number of aliphatic imine (C=N–C) groups is 2. The van der Waals surface area contributed by atoms with E-state index in [9.17, 15) is 22.0 Å². The van der Waals surface area contributed by atoms with Gasteiger partial charge in [0.15, 0.2) is 0 Å². The summed E-state index contributed by atoms with van der Waals surface area (Å²) in [7, 11) is 0. The Balaban J connectivity index is 2.96. The van der Waals surface area contributed by atoms with Gasteiger partial charge in [0, 0.05) is 0 Å². The monoisotopic (exact) mass is 230 g/mol. The van der Waals surface area contributed by atoms with Gasteiger partial charge >= 0.3 is 12.1 Å². The van der Waals surface area contributed by atoms with Gasteiger partial charge in [0.05, 0.1) is 12.8 Å². The summed E-state index contributed by atoms with van der Waals surface area (Å²) >= 11 is 4.44. The number of nitrogens with zero attached hydrogens (tertiary/aromatic N) is 2. The topological polar surface area (TPSA) is 24.7 Å². The average Bonchev–Trinajstić information content (AvgIpc) is 2.03. The number of halogens is 5. The molecule has 0 amide bonds. The van der Waals surface area contributed by atoms with Crippen molar-refractivity contribution in [1.29, 1.82) is 0 Å². The fraction of sp³-hybridized carbons (Fsp3) is 0.500. The van der Waals surface area contributed by atoms with E-state index in [1.807, 2.05) is 0 Å². The third kappa shape index (κ3) is 1.94. The molecule has 0 atom stereocenters. The third-order valence-corrected chi connectivity index (χ3v) is 1.63. The molecule has 0 radical (unpaired) electrons. The normalized spacial score (nSPS) is 18.4. The molecule has 0 bridgehead atoms. The molecule has 0 unspecified atom stereocenters. The second-order valence-corrected chi connectivity index (χ2v) is 2.90. The Morgan fingerprint density at radius 2 is 1.79 bits per heavy atom. The van der Waals surface area contributed by atoms with Crippen molar-refractivity contribution in [2.24, 2.45) is 9.98 Å². The van der Waals surface area contributed by atoms with Crippen molar-refractivity contribution < 1.29 is 22.0 Å². The van der Waals surface area contributed by atoms with E-state index in [0.717, 1.165) is 0 Å². The summed E-state index contributed by atoms with van der Waals surface area (Å²) in [6.45, 7) is -0.410. The lowest BCUT2D eigenvalue weighted by atomic mass is 10.2. The summed E-state index contributed by atoms with van der Waals surface area (Å²) in [6, 6.07) is 0. The second kappa shape index (κ2) is 3.34. The van der Waals surface area contributed by atoms with Gasteiger partial charge in [-0.15, -0.1) is 0 Å². The van der Waals surface area contributed by atoms with Crippen LogP contribution in [0.25, 0.3) is 0 Å². The van der Waals surface area contributed by atoms with Crippen LogP contribution in [0.3, 0.4) is 0 Å². The molecule has 1 aliphatic heterocycles. The predicted octanol–water partition coefficient (Wildman–Crippen LogP) is 2.04. The molecular formula is C6H3F5N2S. The lowest BCUT2D eigenvalue weighted by molar-refractivity contribution is -0.248. The number of hydrogen-bond donors (Lipinski definition) is 0. The van der Waals surface area contributed by atoms with Gasteiger partial charge in [0.2, 0.25) is 0 Å². The van der Waals surface area contributed by atoms with Crippen LogP contribution in [0.2, 0.25) is 0 Å². The first-order valence-corrected chi connectivity index (χ1v) is 3.72. The second-order valence-electron chi connectivity index (χ2n) is 2.43. The Kier molecular flexibility index (Phi) is 2.66. The first kappa shape index (κ1) is 11.2. The summed E-state index contributed by atoms with van der Waals surface area (Å²) in [5.41, 5.74) is -1.40. The SMILES string of the molecule is FC(F)(F)C(F)(F)C1=NCC(=S)N=C1. The molecule has 0 aromatic carbocycles. The van der Waals surface area contributed by atoms with E-state index in [-0.39, 0.29) is 4.99 Å². The van der Waals surface area contributed by atoms with E-state index in [1.165, 1.54) is 0 Å². The van der Waals surface area contributed by atoms with Crippen LogP contribution >= 0.6 is 12.2 Å². The van der Waals surface area contributed by atoms with Crippen LogP contribution in [0.15, 0.2) is 9.98 Å². The van der Waals surface area contributed by atoms with Gasteiger partial charge in [0.1, 0.15) is 10.7 Å². The number of hydrogen-bond acceptors (Lipinski definition) is 2. The molecule has 0 saturated heterocycles. The standard InChI is InChI=1S/C6H3F5N2S/c7-5(8,6(9,10)11)3-1-13-4(14)2-12-3/h1H,2H2. The molecule has 1 aliphatic rings. The smallest absolute Gasteiger partial charge is 0.274 e. The van der Waals surface area contributed by atoms with Crippen molar-refractivity contribution in [1.82, 2.24) is 0 Å². The zero-order valence-corrected chi connectivity index (χ0v) is 7.29. The zero-order chi connectivity index (χ0) is 11.0. The van der Waals surface area contributed by atoms with Crippen LogP contribution in [0, 0.1) is 0 Å². The minimum absolute atomic E-state index is 0.0216. The van der Waals surface area contributed by atoms with E-state index in [2.05, 4.69) is 22.2 Å².